The van der Waals surface area contributed by atoms with Crippen molar-refractivity contribution < 1.29 is 41.4 Å². The van der Waals surface area contributed by atoms with Crippen molar-refractivity contribution in [2.75, 3.05) is 33.4 Å². The molecule has 1 saturated carbocycles. The number of nitrogens with one attached hydrogen (secondary N) is 1. The van der Waals surface area contributed by atoms with E-state index in [4.69, 9.17) is 31.2 Å². The summed E-state index contributed by atoms with van der Waals surface area (Å²) in [5.41, 5.74) is 2.29. The number of carbonyl (C=O) groups excluding carboxylic acids is 1. The predicted molar refractivity (Wildman–Crippen MR) is 164 cm³/mol. The van der Waals surface area contributed by atoms with Gasteiger partial charge in [-0.25, -0.2) is 23.2 Å². The summed E-state index contributed by atoms with van der Waals surface area (Å²) in [5, 5.41) is 15.9. The smallest absolute Gasteiger partial charge is 0.475 e. The highest BCUT2D eigenvalue weighted by atomic mass is 35.5. The van der Waals surface area contributed by atoms with Gasteiger partial charge in [0.25, 0.3) is 0 Å². The van der Waals surface area contributed by atoms with Crippen LogP contribution in [0.15, 0.2) is 36.4 Å². The van der Waals surface area contributed by atoms with Crippen molar-refractivity contribution in [2.24, 2.45) is 5.92 Å². The number of rotatable bonds is 8. The van der Waals surface area contributed by atoms with Crippen LogP contribution in [0.2, 0.25) is 5.02 Å². The zero-order valence-corrected chi connectivity index (χ0v) is 26.9. The number of carboxylic acids is 1. The van der Waals surface area contributed by atoms with Crippen LogP contribution >= 0.6 is 11.6 Å². The Balaban J connectivity index is 0.000000644. The van der Waals surface area contributed by atoms with E-state index in [1.165, 1.54) is 12.1 Å². The molecule has 47 heavy (non-hydrogen) atoms. The molecule has 1 aromatic heterocycles. The highest BCUT2D eigenvalue weighted by Crippen LogP contribution is 2.43. The predicted octanol–water partition coefficient (Wildman–Crippen LogP) is 5.95. The van der Waals surface area contributed by atoms with Gasteiger partial charge in [0.05, 0.1) is 12.3 Å². The quantitative estimate of drug-likeness (QED) is 0.223. The average Bonchev–Trinajstić information content (AvgIpc) is 3.62. The summed E-state index contributed by atoms with van der Waals surface area (Å²) < 4.78 is 67.3. The molecule has 2 aromatic carbocycles. The van der Waals surface area contributed by atoms with Crippen molar-refractivity contribution in [3.05, 3.63) is 75.8 Å². The monoisotopic (exact) mass is 685 g/mol. The minimum absolute atomic E-state index is 0.0363. The Labute approximate surface area is 274 Å². The summed E-state index contributed by atoms with van der Waals surface area (Å²) in [6.45, 7) is 6.23. The van der Waals surface area contributed by atoms with Crippen molar-refractivity contribution >= 4 is 23.5 Å². The molecule has 2 N–H and O–H groups in total. The van der Waals surface area contributed by atoms with Gasteiger partial charge in [-0.3, -0.25) is 4.79 Å². The number of alkyl halides is 3. The minimum atomic E-state index is -5.08. The molecule has 2 fully saturated rings. The van der Waals surface area contributed by atoms with Crippen molar-refractivity contribution in [1.82, 2.24) is 25.0 Å². The molecule has 2 aliphatic rings. The first-order valence-electron chi connectivity index (χ1n) is 15.2. The maximum Gasteiger partial charge on any atom is 0.490 e. The number of piperidine rings is 1. The van der Waals surface area contributed by atoms with Crippen LogP contribution in [0, 0.1) is 31.4 Å². The summed E-state index contributed by atoms with van der Waals surface area (Å²) in [6.07, 6.45) is -2.35. The second-order valence-corrected chi connectivity index (χ2v) is 12.2. The minimum Gasteiger partial charge on any atom is -0.475 e. The Bertz CT molecular complexity index is 1560. The summed E-state index contributed by atoms with van der Waals surface area (Å²) in [6, 6.07) is 9.55. The fourth-order valence-corrected chi connectivity index (χ4v) is 6.34. The van der Waals surface area contributed by atoms with Gasteiger partial charge >= 0.3 is 12.1 Å². The fourth-order valence-electron chi connectivity index (χ4n) is 6.23. The molecule has 9 nitrogen and oxygen atoms in total. The summed E-state index contributed by atoms with van der Waals surface area (Å²) >= 11 is 6.24. The number of aromatic nitrogens is 3. The number of benzene rings is 2. The zero-order chi connectivity index (χ0) is 34.5. The molecule has 256 valence electrons. The van der Waals surface area contributed by atoms with E-state index in [0.717, 1.165) is 36.0 Å². The molecule has 0 spiro atoms. The molecule has 3 atom stereocenters. The summed E-state index contributed by atoms with van der Waals surface area (Å²) in [5.74, 6) is -2.88. The molecule has 3 aromatic rings. The van der Waals surface area contributed by atoms with Crippen LogP contribution in [0.4, 0.5) is 22.0 Å². The zero-order valence-electron chi connectivity index (χ0n) is 26.2. The Kier molecular flexibility index (Phi) is 12.0. The molecule has 15 heteroatoms. The Morgan fingerprint density at radius 1 is 1.09 bits per heavy atom. The number of hydrogen-bond donors (Lipinski definition) is 2. The van der Waals surface area contributed by atoms with E-state index in [1.807, 2.05) is 41.6 Å². The normalized spacial score (nSPS) is 20.2. The van der Waals surface area contributed by atoms with Gasteiger partial charge in [0, 0.05) is 55.7 Å². The molecule has 1 amide bonds. The van der Waals surface area contributed by atoms with Crippen LogP contribution in [-0.4, -0.2) is 82.2 Å². The van der Waals surface area contributed by atoms with Gasteiger partial charge < -0.3 is 20.1 Å². The van der Waals surface area contributed by atoms with E-state index >= 15 is 0 Å². The third-order valence-electron chi connectivity index (χ3n) is 8.52. The number of aliphatic carboxylic acids is 1. The van der Waals surface area contributed by atoms with Crippen LogP contribution in [0.25, 0.3) is 5.69 Å². The average molecular weight is 686 g/mol. The van der Waals surface area contributed by atoms with E-state index < -0.39 is 23.8 Å². The molecule has 1 aliphatic heterocycles. The summed E-state index contributed by atoms with van der Waals surface area (Å²) in [7, 11) is 1.64. The molecular formula is C32H37ClF5N5O4. The molecule has 1 unspecified atom stereocenters. The van der Waals surface area contributed by atoms with Gasteiger partial charge in [0.1, 0.15) is 23.3 Å². The number of carboxylic acid groups (broad SMARTS) is 1. The first-order chi connectivity index (χ1) is 22.2. The number of ether oxygens (including phenoxy) is 1. The lowest BCUT2D eigenvalue weighted by Gasteiger charge is -2.34. The number of carbonyl (C=O) groups is 2. The lowest BCUT2D eigenvalue weighted by Crippen LogP contribution is -2.42. The van der Waals surface area contributed by atoms with Crippen LogP contribution < -0.4 is 5.32 Å². The van der Waals surface area contributed by atoms with E-state index in [1.54, 1.807) is 7.11 Å². The van der Waals surface area contributed by atoms with Crippen molar-refractivity contribution in [3.8, 4) is 5.69 Å². The lowest BCUT2D eigenvalue weighted by molar-refractivity contribution is -0.192. The van der Waals surface area contributed by atoms with E-state index in [0.29, 0.717) is 55.5 Å². The molecule has 5 rings (SSSR count). The molecule has 1 saturated heterocycles. The highest BCUT2D eigenvalue weighted by Gasteiger charge is 2.43. The number of nitrogens with zero attached hydrogens (tertiary/aromatic N) is 4. The molecule has 1 aliphatic carbocycles. The number of likely N-dealkylation sites (tertiary alicyclic amines) is 1. The van der Waals surface area contributed by atoms with Crippen LogP contribution in [0.5, 0.6) is 0 Å². The number of halogens is 6. The topological polar surface area (TPSA) is 110 Å². The maximum absolute atomic E-state index is 14.9. The van der Waals surface area contributed by atoms with Gasteiger partial charge in [-0.1, -0.05) is 17.7 Å². The van der Waals surface area contributed by atoms with E-state index in [9.17, 15) is 26.7 Å². The maximum atomic E-state index is 14.9. The van der Waals surface area contributed by atoms with Crippen LogP contribution in [-0.2, 0) is 14.3 Å². The summed E-state index contributed by atoms with van der Waals surface area (Å²) in [4.78, 5) is 29.4. The van der Waals surface area contributed by atoms with Gasteiger partial charge in [-0.2, -0.15) is 18.3 Å². The Morgan fingerprint density at radius 3 is 2.36 bits per heavy atom. The lowest BCUT2D eigenvalue weighted by atomic mass is 9.86. The van der Waals surface area contributed by atoms with Crippen LogP contribution in [0.1, 0.15) is 60.3 Å². The van der Waals surface area contributed by atoms with Crippen molar-refractivity contribution in [3.63, 3.8) is 0 Å². The fraction of sp³-hybridized carbons (Fsp3) is 0.500. The third kappa shape index (κ3) is 9.05. The molecule has 0 radical (unpaired) electrons. The largest absolute Gasteiger partial charge is 0.490 e. The number of amides is 1. The van der Waals surface area contributed by atoms with Crippen molar-refractivity contribution in [1.29, 1.82) is 0 Å². The van der Waals surface area contributed by atoms with E-state index in [-0.39, 0.29) is 29.7 Å². The van der Waals surface area contributed by atoms with Gasteiger partial charge in [0.15, 0.2) is 0 Å². The standard InChI is InChI=1S/C30H36ClF2N5O2.C2HF3O2/c1-18-14-23(5-7-27(18)31)38-29(35-19(2)36-38)20-8-11-37(12-9-20)30(39)26-17-22(34-10-13-40-3)16-25(26)24-6-4-21(32)15-28(24)33;3-2(4,5)1(6)7/h4-7,14-15,20,22,25-26,34H,8-13,16-17H2,1-3H3;(H,6,7)/t22?,25-,26+;/m0./s1. The number of hydrogen-bond acceptors (Lipinski definition) is 6. The van der Waals surface area contributed by atoms with Gasteiger partial charge in [-0.15, -0.1) is 0 Å². The second-order valence-electron chi connectivity index (χ2n) is 11.8. The second kappa shape index (κ2) is 15.5. The highest BCUT2D eigenvalue weighted by molar-refractivity contribution is 6.31. The SMILES string of the molecule is COCCNC1C[C@@H](C(=O)N2CCC(c3nc(C)nn3-c3ccc(Cl)c(C)c3)CC2)[C@H](c2ccc(F)cc2F)C1.O=C(O)C(F)(F)F. The van der Waals surface area contributed by atoms with Gasteiger partial charge in [0.2, 0.25) is 5.91 Å². The number of aryl methyl sites for hydroxylation is 2. The first kappa shape index (κ1) is 36.2. The third-order valence-corrected chi connectivity index (χ3v) is 8.94. The van der Waals surface area contributed by atoms with E-state index in [2.05, 4.69) is 10.4 Å². The number of methoxy groups -OCH3 is 1. The van der Waals surface area contributed by atoms with Gasteiger partial charge in [-0.05, 0) is 80.8 Å². The molecular weight excluding hydrogens is 649 g/mol. The van der Waals surface area contributed by atoms with Crippen LogP contribution in [0.3, 0.4) is 0 Å². The Hall–Kier alpha value is -3.62. The van der Waals surface area contributed by atoms with Crippen molar-refractivity contribution in [2.45, 2.75) is 63.6 Å². The first-order valence-corrected chi connectivity index (χ1v) is 15.5. The molecule has 2 heterocycles. The Morgan fingerprint density at radius 2 is 1.77 bits per heavy atom. The molecule has 0 bridgehead atoms.